The normalized spacial score (nSPS) is 8.33. The quantitative estimate of drug-likeness (QED) is 0.634. The summed E-state index contributed by atoms with van der Waals surface area (Å²) >= 11 is 0. The second-order valence-electron chi connectivity index (χ2n) is 2.22. The second-order valence-corrected chi connectivity index (χ2v) is 2.22. The van der Waals surface area contributed by atoms with Gasteiger partial charge in [-0.15, -0.1) is 48.0 Å². The van der Waals surface area contributed by atoms with Crippen LogP contribution in [-0.4, -0.2) is 4.98 Å². The van der Waals surface area contributed by atoms with E-state index in [1.165, 1.54) is 10.8 Å². The molecule has 3 heteroatoms. The fourth-order valence-electron chi connectivity index (χ4n) is 1.03. The third kappa shape index (κ3) is 2.55. The van der Waals surface area contributed by atoms with Crippen LogP contribution in [0.5, 0.6) is 0 Å². The fraction of sp³-hybridized carbons (Fsp3) is 0. The van der Waals surface area contributed by atoms with Crippen molar-refractivity contribution in [2.24, 2.45) is 0 Å². The van der Waals surface area contributed by atoms with Crippen LogP contribution in [0.15, 0.2) is 42.7 Å². The van der Waals surface area contributed by atoms with Crippen LogP contribution in [0.3, 0.4) is 0 Å². The van der Waals surface area contributed by atoms with Crippen molar-refractivity contribution in [3.8, 4) is 0 Å². The zero-order valence-electron chi connectivity index (χ0n) is 6.31. The topological polar surface area (TPSA) is 12.9 Å². The van der Waals surface area contributed by atoms with Gasteiger partial charge in [0, 0.05) is 12.4 Å². The van der Waals surface area contributed by atoms with Crippen molar-refractivity contribution in [2.75, 3.05) is 0 Å². The van der Waals surface area contributed by atoms with E-state index in [2.05, 4.69) is 17.1 Å². The lowest BCUT2D eigenvalue weighted by Crippen LogP contribution is -1.71. The lowest BCUT2D eigenvalue weighted by Gasteiger charge is -1.91. The van der Waals surface area contributed by atoms with Crippen LogP contribution in [0.2, 0.25) is 0 Å². The summed E-state index contributed by atoms with van der Waals surface area (Å²) in [6.07, 6.45) is 3.68. The summed E-state index contributed by atoms with van der Waals surface area (Å²) in [7, 11) is 0. The van der Waals surface area contributed by atoms with Crippen LogP contribution in [0.4, 0.5) is 0 Å². The average molecular weight is 385 g/mol. The molecule has 0 aliphatic rings. The molecule has 1 nitrogen and oxygen atoms in total. The van der Waals surface area contributed by atoms with Gasteiger partial charge in [0.1, 0.15) is 0 Å². The highest BCUT2D eigenvalue weighted by molar-refractivity contribution is 14.0. The Morgan fingerprint density at radius 3 is 2.17 bits per heavy atom. The van der Waals surface area contributed by atoms with Crippen LogP contribution < -0.4 is 0 Å². The van der Waals surface area contributed by atoms with E-state index in [4.69, 9.17) is 0 Å². The van der Waals surface area contributed by atoms with Gasteiger partial charge in [0.05, 0.1) is 0 Å². The highest BCUT2D eigenvalue weighted by Gasteiger charge is 1.86. The largest absolute Gasteiger partial charge is 0.264 e. The Kier molecular flexibility index (Phi) is 5.73. The van der Waals surface area contributed by atoms with E-state index in [9.17, 15) is 0 Å². The van der Waals surface area contributed by atoms with Crippen LogP contribution in [0, 0.1) is 0 Å². The van der Waals surface area contributed by atoms with Crippen molar-refractivity contribution >= 4 is 58.7 Å². The maximum absolute atomic E-state index is 4.01. The van der Waals surface area contributed by atoms with Crippen molar-refractivity contribution in [3.63, 3.8) is 0 Å². The van der Waals surface area contributed by atoms with Gasteiger partial charge in [0.25, 0.3) is 0 Å². The Morgan fingerprint density at radius 1 is 0.833 bits per heavy atom. The Morgan fingerprint density at radius 2 is 1.50 bits per heavy atom. The Balaban J connectivity index is 0.000000605. The first kappa shape index (κ1) is 12.1. The van der Waals surface area contributed by atoms with E-state index in [-0.39, 0.29) is 48.0 Å². The molecule has 2 aromatic rings. The summed E-state index contributed by atoms with van der Waals surface area (Å²) in [5, 5.41) is 2.45. The number of nitrogens with zero attached hydrogens (tertiary/aromatic N) is 1. The number of pyridine rings is 1. The average Bonchev–Trinajstić information content (AvgIpc) is 2.05. The molecule has 0 aliphatic heterocycles. The maximum Gasteiger partial charge on any atom is 0.0346 e. The molecule has 0 amide bonds. The van der Waals surface area contributed by atoms with Crippen LogP contribution in [-0.2, 0) is 0 Å². The summed E-state index contributed by atoms with van der Waals surface area (Å²) in [6, 6.07) is 10.2. The van der Waals surface area contributed by atoms with Gasteiger partial charge in [0.15, 0.2) is 0 Å². The van der Waals surface area contributed by atoms with E-state index in [0.717, 1.165) is 0 Å². The van der Waals surface area contributed by atoms with Gasteiger partial charge in [-0.3, -0.25) is 4.98 Å². The molecule has 12 heavy (non-hydrogen) atoms. The minimum Gasteiger partial charge on any atom is -0.264 e. The molecule has 0 spiro atoms. The van der Waals surface area contributed by atoms with E-state index >= 15 is 0 Å². The number of halogens is 2. The van der Waals surface area contributed by atoms with Crippen molar-refractivity contribution in [2.45, 2.75) is 0 Å². The molecule has 0 unspecified atom stereocenters. The lowest BCUT2D eigenvalue weighted by atomic mass is 10.2. The van der Waals surface area contributed by atoms with Crippen molar-refractivity contribution in [3.05, 3.63) is 42.7 Å². The molecule has 0 fully saturated rings. The molecule has 0 aliphatic carbocycles. The molecule has 0 radical (unpaired) electrons. The first-order valence-corrected chi connectivity index (χ1v) is 3.25. The highest BCUT2D eigenvalue weighted by atomic mass is 127. The van der Waals surface area contributed by atoms with Gasteiger partial charge in [-0.1, -0.05) is 24.3 Å². The monoisotopic (exact) mass is 385 g/mol. The van der Waals surface area contributed by atoms with E-state index in [1.54, 1.807) is 0 Å². The number of aromatic nitrogens is 1. The van der Waals surface area contributed by atoms with Gasteiger partial charge in [-0.25, -0.2) is 0 Å². The summed E-state index contributed by atoms with van der Waals surface area (Å²) in [6.45, 7) is 0. The summed E-state index contributed by atoms with van der Waals surface area (Å²) in [5.74, 6) is 0. The number of hydrogen-bond donors (Lipinski definition) is 0. The van der Waals surface area contributed by atoms with Gasteiger partial charge in [0.2, 0.25) is 0 Å². The zero-order valence-corrected chi connectivity index (χ0v) is 11.0. The van der Waals surface area contributed by atoms with E-state index in [0.29, 0.717) is 0 Å². The minimum absolute atomic E-state index is 0. The molecule has 0 bridgehead atoms. The van der Waals surface area contributed by atoms with E-state index < -0.39 is 0 Å². The number of rotatable bonds is 0. The Labute approximate surface area is 106 Å². The van der Waals surface area contributed by atoms with Gasteiger partial charge in [-0.05, 0) is 16.8 Å². The SMILES string of the molecule is I.I.c1ccc2cnccc2c1. The van der Waals surface area contributed by atoms with Crippen LogP contribution >= 0.6 is 48.0 Å². The molecule has 0 atom stereocenters. The first-order chi connectivity index (χ1) is 4.97. The molecule has 0 saturated carbocycles. The predicted octanol–water partition coefficient (Wildman–Crippen LogP) is 3.47. The lowest BCUT2D eigenvalue weighted by molar-refractivity contribution is 1.36. The van der Waals surface area contributed by atoms with Gasteiger partial charge < -0.3 is 0 Å². The summed E-state index contributed by atoms with van der Waals surface area (Å²) in [4.78, 5) is 4.01. The standard InChI is InChI=1S/C9H7N.2HI/c1-2-4-9-7-10-6-5-8(9)3-1;;/h1-7H;2*1H. The molecule has 64 valence electrons. The molecule has 0 N–H and O–H groups in total. The molecule has 1 aromatic heterocycles. The third-order valence-corrected chi connectivity index (χ3v) is 1.55. The minimum atomic E-state index is 0. The van der Waals surface area contributed by atoms with E-state index in [1.807, 2.05) is 30.6 Å². The summed E-state index contributed by atoms with van der Waals surface area (Å²) in [5.41, 5.74) is 0. The van der Waals surface area contributed by atoms with Gasteiger partial charge in [-0.2, -0.15) is 0 Å². The molecule has 1 heterocycles. The van der Waals surface area contributed by atoms with Gasteiger partial charge >= 0.3 is 0 Å². The second kappa shape index (κ2) is 5.69. The smallest absolute Gasteiger partial charge is 0.0346 e. The number of hydrogen-bond acceptors (Lipinski definition) is 1. The number of fused-ring (bicyclic) bond motifs is 1. The third-order valence-electron chi connectivity index (χ3n) is 1.55. The molecular weight excluding hydrogens is 376 g/mol. The predicted molar refractivity (Wildman–Crippen MR) is 72.6 cm³/mol. The number of benzene rings is 1. The fourth-order valence-corrected chi connectivity index (χ4v) is 1.03. The Bertz CT molecular complexity index is 284. The van der Waals surface area contributed by atoms with Crippen molar-refractivity contribution in [1.29, 1.82) is 0 Å². The van der Waals surface area contributed by atoms with Crippen molar-refractivity contribution in [1.82, 2.24) is 4.98 Å². The highest BCUT2D eigenvalue weighted by Crippen LogP contribution is 2.09. The zero-order chi connectivity index (χ0) is 6.81. The summed E-state index contributed by atoms with van der Waals surface area (Å²) < 4.78 is 0. The molecule has 1 aromatic carbocycles. The Hall–Kier alpha value is 0.0900. The van der Waals surface area contributed by atoms with Crippen molar-refractivity contribution < 1.29 is 0 Å². The van der Waals surface area contributed by atoms with Crippen LogP contribution in [0.1, 0.15) is 0 Å². The molecular formula is C9H9I2N. The first-order valence-electron chi connectivity index (χ1n) is 3.25. The molecule has 0 saturated heterocycles. The molecule has 2 rings (SSSR count). The maximum atomic E-state index is 4.01. The van der Waals surface area contributed by atoms with Crippen LogP contribution in [0.25, 0.3) is 10.8 Å².